The summed E-state index contributed by atoms with van der Waals surface area (Å²) >= 11 is 0. The molecule has 0 aromatic carbocycles. The van der Waals surface area contributed by atoms with E-state index >= 15 is 0 Å². The maximum absolute atomic E-state index is 11.7. The Labute approximate surface area is 115 Å². The summed E-state index contributed by atoms with van der Waals surface area (Å²) in [4.78, 5) is 11.7. The molecule has 0 aliphatic carbocycles. The van der Waals surface area contributed by atoms with E-state index in [1.165, 1.54) is 0 Å². The van der Waals surface area contributed by atoms with E-state index in [1.807, 2.05) is 13.8 Å². The van der Waals surface area contributed by atoms with Crippen LogP contribution >= 0.6 is 0 Å². The van der Waals surface area contributed by atoms with Crippen LogP contribution in [0.15, 0.2) is 0 Å². The quantitative estimate of drug-likeness (QED) is 0.567. The maximum Gasteiger partial charge on any atom is 0.237 e. The van der Waals surface area contributed by atoms with Crippen molar-refractivity contribution in [2.75, 3.05) is 18.6 Å². The maximum atomic E-state index is 11.7. The summed E-state index contributed by atoms with van der Waals surface area (Å²) in [5.41, 5.74) is 4.61. The van der Waals surface area contributed by atoms with Crippen LogP contribution in [-0.4, -0.2) is 49.6 Å². The number of carbonyl (C=O) groups is 1. The molecular formula is C12H26N2O4S. The lowest BCUT2D eigenvalue weighted by atomic mass is 9.94. The number of hydrogen-bond acceptors (Lipinski definition) is 5. The number of sulfone groups is 1. The van der Waals surface area contributed by atoms with Crippen molar-refractivity contribution in [2.45, 2.75) is 45.3 Å². The molecule has 0 aromatic rings. The number of amides is 1. The third-order valence-corrected chi connectivity index (χ3v) is 3.61. The minimum Gasteiger partial charge on any atom is -0.388 e. The number of hydrogen-bond donors (Lipinski definition) is 3. The van der Waals surface area contributed by atoms with Crippen molar-refractivity contribution in [1.29, 1.82) is 0 Å². The molecule has 0 spiro atoms. The molecule has 114 valence electrons. The van der Waals surface area contributed by atoms with Gasteiger partial charge in [-0.1, -0.05) is 13.8 Å². The summed E-state index contributed by atoms with van der Waals surface area (Å²) in [7, 11) is -3.12. The van der Waals surface area contributed by atoms with E-state index in [0.717, 1.165) is 6.26 Å². The molecule has 0 saturated carbocycles. The van der Waals surface area contributed by atoms with Crippen LogP contribution in [0.25, 0.3) is 0 Å². The first-order valence-electron chi connectivity index (χ1n) is 6.36. The minimum atomic E-state index is -3.12. The van der Waals surface area contributed by atoms with Crippen molar-refractivity contribution in [2.24, 2.45) is 11.7 Å². The number of nitrogens with two attached hydrogens (primary N) is 1. The highest BCUT2D eigenvalue weighted by atomic mass is 32.2. The van der Waals surface area contributed by atoms with E-state index in [0.29, 0.717) is 12.3 Å². The van der Waals surface area contributed by atoms with Crippen molar-refractivity contribution in [3.63, 3.8) is 0 Å². The Bertz CT molecular complexity index is 391. The van der Waals surface area contributed by atoms with Crippen molar-refractivity contribution >= 4 is 15.7 Å². The van der Waals surface area contributed by atoms with Gasteiger partial charge in [-0.2, -0.15) is 0 Å². The summed E-state index contributed by atoms with van der Waals surface area (Å²) < 4.78 is 21.9. The largest absolute Gasteiger partial charge is 0.388 e. The number of nitrogens with one attached hydrogen (secondary N) is 1. The van der Waals surface area contributed by atoms with Crippen molar-refractivity contribution in [3.8, 4) is 0 Å². The Hall–Kier alpha value is -0.660. The summed E-state index contributed by atoms with van der Waals surface area (Å²) in [5, 5.41) is 12.6. The first kappa shape index (κ1) is 18.3. The van der Waals surface area contributed by atoms with E-state index < -0.39 is 27.4 Å². The lowest BCUT2D eigenvalue weighted by Crippen LogP contribution is -2.48. The second-order valence-corrected chi connectivity index (χ2v) is 8.10. The molecule has 19 heavy (non-hydrogen) atoms. The van der Waals surface area contributed by atoms with Gasteiger partial charge < -0.3 is 16.2 Å². The second kappa shape index (κ2) is 7.21. The molecule has 0 rings (SSSR count). The van der Waals surface area contributed by atoms with Crippen LogP contribution in [-0.2, 0) is 14.6 Å². The molecule has 2 unspecified atom stereocenters. The van der Waals surface area contributed by atoms with Crippen molar-refractivity contribution < 1.29 is 18.3 Å². The summed E-state index contributed by atoms with van der Waals surface area (Å²) in [6, 6.07) is -0.871. The fourth-order valence-electron chi connectivity index (χ4n) is 1.83. The summed E-state index contributed by atoms with van der Waals surface area (Å²) in [6.07, 6.45) is 1.74. The van der Waals surface area contributed by atoms with E-state index in [1.54, 1.807) is 6.92 Å². The van der Waals surface area contributed by atoms with E-state index in [4.69, 9.17) is 5.73 Å². The zero-order valence-electron chi connectivity index (χ0n) is 12.1. The first-order valence-corrected chi connectivity index (χ1v) is 8.42. The van der Waals surface area contributed by atoms with Gasteiger partial charge in [-0.25, -0.2) is 8.42 Å². The van der Waals surface area contributed by atoms with Gasteiger partial charge in [-0.15, -0.1) is 0 Å². The highest BCUT2D eigenvalue weighted by molar-refractivity contribution is 7.90. The minimum absolute atomic E-state index is 0.0803. The highest BCUT2D eigenvalue weighted by Gasteiger charge is 2.24. The van der Waals surface area contributed by atoms with Gasteiger partial charge in [0.2, 0.25) is 5.91 Å². The van der Waals surface area contributed by atoms with Crippen LogP contribution in [0.2, 0.25) is 0 Å². The van der Waals surface area contributed by atoms with E-state index in [-0.39, 0.29) is 18.7 Å². The predicted octanol–water partition coefficient (Wildman–Crippen LogP) is -0.338. The smallest absolute Gasteiger partial charge is 0.237 e. The Balaban J connectivity index is 4.17. The van der Waals surface area contributed by atoms with Crippen molar-refractivity contribution in [1.82, 2.24) is 5.32 Å². The number of aliphatic hydroxyl groups is 1. The van der Waals surface area contributed by atoms with Gasteiger partial charge in [0.1, 0.15) is 9.84 Å². The molecule has 6 nitrogen and oxygen atoms in total. The first-order chi connectivity index (χ1) is 8.43. The van der Waals surface area contributed by atoms with Crippen LogP contribution in [0.1, 0.15) is 33.6 Å². The topological polar surface area (TPSA) is 109 Å². The zero-order valence-corrected chi connectivity index (χ0v) is 13.0. The molecule has 0 radical (unpaired) electrons. The molecule has 0 aliphatic heterocycles. The molecule has 0 aromatic heterocycles. The molecule has 1 amide bonds. The molecule has 7 heteroatoms. The molecule has 0 saturated heterocycles. The number of carbonyl (C=O) groups excluding carboxylic acids is 1. The van der Waals surface area contributed by atoms with Gasteiger partial charge in [0.25, 0.3) is 0 Å². The average Bonchev–Trinajstić information content (AvgIpc) is 2.19. The van der Waals surface area contributed by atoms with Gasteiger partial charge >= 0.3 is 0 Å². The van der Waals surface area contributed by atoms with Crippen LogP contribution in [0.3, 0.4) is 0 Å². The average molecular weight is 294 g/mol. The molecule has 0 fully saturated rings. The van der Waals surface area contributed by atoms with E-state index in [9.17, 15) is 18.3 Å². The predicted molar refractivity (Wildman–Crippen MR) is 75.4 cm³/mol. The normalized spacial score (nSPS) is 17.0. The molecule has 0 aliphatic rings. The fraction of sp³-hybridized carbons (Fsp3) is 0.917. The van der Waals surface area contributed by atoms with Crippen LogP contribution in [0.5, 0.6) is 0 Å². The molecular weight excluding hydrogens is 268 g/mol. The standard InChI is InChI=1S/C12H26N2O4S/c1-9(2)7-12(3,16)8-14-11(15)10(13)5-6-19(4,17)18/h9-10,16H,5-8,13H2,1-4H3,(H,14,15). The van der Waals surface area contributed by atoms with Gasteiger partial charge in [-0.05, 0) is 25.7 Å². The lowest BCUT2D eigenvalue weighted by molar-refractivity contribution is -0.123. The van der Waals surface area contributed by atoms with Crippen LogP contribution < -0.4 is 11.1 Å². The van der Waals surface area contributed by atoms with Gasteiger partial charge in [0.05, 0.1) is 17.4 Å². The lowest BCUT2D eigenvalue weighted by Gasteiger charge is -2.26. The molecule has 4 N–H and O–H groups in total. The zero-order chi connectivity index (χ0) is 15.3. The van der Waals surface area contributed by atoms with Crippen LogP contribution in [0, 0.1) is 5.92 Å². The van der Waals surface area contributed by atoms with E-state index in [2.05, 4.69) is 5.32 Å². The Morgan fingerprint density at radius 1 is 1.42 bits per heavy atom. The fourth-order valence-corrected chi connectivity index (χ4v) is 2.51. The van der Waals surface area contributed by atoms with Crippen LogP contribution in [0.4, 0.5) is 0 Å². The third-order valence-electron chi connectivity index (χ3n) is 2.63. The second-order valence-electron chi connectivity index (χ2n) is 5.84. The SMILES string of the molecule is CC(C)CC(C)(O)CNC(=O)C(N)CCS(C)(=O)=O. The number of rotatable bonds is 8. The highest BCUT2D eigenvalue weighted by Crippen LogP contribution is 2.15. The van der Waals surface area contributed by atoms with Gasteiger partial charge in [0, 0.05) is 12.8 Å². The summed E-state index contributed by atoms with van der Waals surface area (Å²) in [6.45, 7) is 5.72. The third kappa shape index (κ3) is 9.86. The Morgan fingerprint density at radius 3 is 2.37 bits per heavy atom. The molecule has 2 atom stereocenters. The Kier molecular flexibility index (Phi) is 6.96. The Morgan fingerprint density at radius 2 is 1.95 bits per heavy atom. The van der Waals surface area contributed by atoms with Gasteiger partial charge in [-0.3, -0.25) is 4.79 Å². The monoisotopic (exact) mass is 294 g/mol. The van der Waals surface area contributed by atoms with Crippen molar-refractivity contribution in [3.05, 3.63) is 0 Å². The molecule has 0 heterocycles. The van der Waals surface area contributed by atoms with Gasteiger partial charge in [0.15, 0.2) is 0 Å². The summed E-state index contributed by atoms with van der Waals surface area (Å²) in [5.74, 6) is -0.247. The molecule has 0 bridgehead atoms.